The highest BCUT2D eigenvalue weighted by Crippen LogP contribution is 2.28. The van der Waals surface area contributed by atoms with E-state index in [1.807, 2.05) is 0 Å². The second kappa shape index (κ2) is 6.79. The van der Waals surface area contributed by atoms with E-state index >= 15 is 0 Å². The van der Waals surface area contributed by atoms with Crippen molar-refractivity contribution in [1.29, 1.82) is 0 Å². The molecular formula is C17H21FN4O3. The Morgan fingerprint density at radius 1 is 1.20 bits per heavy atom. The average Bonchev–Trinajstić information content (AvgIpc) is 2.81. The number of amides is 4. The maximum atomic E-state index is 13.1. The summed E-state index contributed by atoms with van der Waals surface area (Å²) in [6, 6.07) is 4.77. The Balaban J connectivity index is 1.74. The molecule has 2 fully saturated rings. The first-order valence-corrected chi connectivity index (χ1v) is 8.30. The Bertz CT molecular complexity index is 686. The highest BCUT2D eigenvalue weighted by atomic mass is 19.1. The number of benzene rings is 1. The number of rotatable bonds is 3. The van der Waals surface area contributed by atoms with Crippen LogP contribution in [0, 0.1) is 5.82 Å². The van der Waals surface area contributed by atoms with E-state index < -0.39 is 23.3 Å². The molecule has 2 saturated heterocycles. The Labute approximate surface area is 145 Å². The molecule has 0 aliphatic carbocycles. The zero-order chi connectivity index (χ0) is 18.0. The fourth-order valence-corrected chi connectivity index (χ4v) is 3.15. The summed E-state index contributed by atoms with van der Waals surface area (Å²) in [4.78, 5) is 40.1. The van der Waals surface area contributed by atoms with Gasteiger partial charge in [-0.05, 0) is 37.6 Å². The van der Waals surface area contributed by atoms with Crippen molar-refractivity contribution in [3.8, 4) is 0 Å². The molecule has 25 heavy (non-hydrogen) atoms. The van der Waals surface area contributed by atoms with Crippen molar-refractivity contribution >= 4 is 17.8 Å². The van der Waals surface area contributed by atoms with E-state index in [4.69, 9.17) is 0 Å². The van der Waals surface area contributed by atoms with E-state index in [1.54, 1.807) is 11.8 Å². The molecule has 2 N–H and O–H groups in total. The van der Waals surface area contributed by atoms with Gasteiger partial charge in [0.15, 0.2) is 0 Å². The van der Waals surface area contributed by atoms with Crippen LogP contribution in [0.25, 0.3) is 0 Å². The van der Waals surface area contributed by atoms with E-state index in [1.165, 1.54) is 24.3 Å². The molecule has 0 aromatic heterocycles. The van der Waals surface area contributed by atoms with Gasteiger partial charge in [-0.1, -0.05) is 12.1 Å². The lowest BCUT2D eigenvalue weighted by Crippen LogP contribution is -2.45. The van der Waals surface area contributed by atoms with Gasteiger partial charge in [0.25, 0.3) is 5.91 Å². The number of nitrogens with zero attached hydrogens (tertiary/aromatic N) is 2. The molecule has 1 aromatic carbocycles. The zero-order valence-corrected chi connectivity index (χ0v) is 14.0. The average molecular weight is 348 g/mol. The third-order valence-corrected chi connectivity index (χ3v) is 4.68. The highest BCUT2D eigenvalue weighted by Gasteiger charge is 2.49. The van der Waals surface area contributed by atoms with Gasteiger partial charge >= 0.3 is 6.03 Å². The van der Waals surface area contributed by atoms with Gasteiger partial charge in [0.2, 0.25) is 5.91 Å². The normalized spacial score (nSPS) is 24.2. The molecule has 0 radical (unpaired) electrons. The molecule has 0 unspecified atom stereocenters. The molecule has 7 nitrogen and oxygen atoms in total. The number of nitrogens with one attached hydrogen (secondary N) is 2. The third-order valence-electron chi connectivity index (χ3n) is 4.68. The fraction of sp³-hybridized carbons (Fsp3) is 0.471. The summed E-state index contributed by atoms with van der Waals surface area (Å²) in [5.41, 5.74) is -0.827. The largest absolute Gasteiger partial charge is 0.340 e. The van der Waals surface area contributed by atoms with Gasteiger partial charge in [-0.25, -0.2) is 9.18 Å². The Morgan fingerprint density at radius 3 is 2.64 bits per heavy atom. The van der Waals surface area contributed by atoms with Gasteiger partial charge < -0.3 is 15.5 Å². The second-order valence-corrected chi connectivity index (χ2v) is 6.44. The summed E-state index contributed by atoms with van der Waals surface area (Å²) in [7, 11) is 0. The molecule has 4 amide bonds. The summed E-state index contributed by atoms with van der Waals surface area (Å²) in [6.07, 6.45) is 0.833. The van der Waals surface area contributed by atoms with Gasteiger partial charge in [-0.3, -0.25) is 14.5 Å². The van der Waals surface area contributed by atoms with Crippen LogP contribution in [0.3, 0.4) is 0 Å². The molecule has 0 spiro atoms. The maximum Gasteiger partial charge on any atom is 0.325 e. The molecule has 0 saturated carbocycles. The third kappa shape index (κ3) is 3.34. The summed E-state index contributed by atoms with van der Waals surface area (Å²) < 4.78 is 13.1. The van der Waals surface area contributed by atoms with Crippen LogP contribution >= 0.6 is 0 Å². The Kier molecular flexibility index (Phi) is 4.71. The number of urea groups is 1. The SMILES string of the molecule is C[C@@]1(c2ccc(F)cc2)NC(=O)N(CC(=O)N2CCCNCC2)C1=O. The topological polar surface area (TPSA) is 81.8 Å². The molecule has 1 atom stereocenters. The number of imide groups is 1. The minimum absolute atomic E-state index is 0.254. The maximum absolute atomic E-state index is 13.1. The van der Waals surface area contributed by atoms with Crippen LogP contribution < -0.4 is 10.6 Å². The van der Waals surface area contributed by atoms with E-state index in [9.17, 15) is 18.8 Å². The zero-order valence-electron chi connectivity index (χ0n) is 14.0. The first kappa shape index (κ1) is 17.3. The predicted molar refractivity (Wildman–Crippen MR) is 88.1 cm³/mol. The smallest absolute Gasteiger partial charge is 0.325 e. The van der Waals surface area contributed by atoms with Crippen molar-refractivity contribution in [2.24, 2.45) is 0 Å². The van der Waals surface area contributed by atoms with Crippen molar-refractivity contribution in [3.05, 3.63) is 35.6 Å². The molecule has 2 aliphatic rings. The highest BCUT2D eigenvalue weighted by molar-refractivity contribution is 6.09. The van der Waals surface area contributed by atoms with Crippen molar-refractivity contribution in [2.45, 2.75) is 18.9 Å². The van der Waals surface area contributed by atoms with Crippen LogP contribution in [0.1, 0.15) is 18.9 Å². The molecule has 8 heteroatoms. The van der Waals surface area contributed by atoms with Crippen LogP contribution in [0.4, 0.5) is 9.18 Å². The lowest BCUT2D eigenvalue weighted by molar-refractivity contribution is -0.138. The number of hydrogen-bond acceptors (Lipinski definition) is 4. The molecule has 3 rings (SSSR count). The summed E-state index contributed by atoms with van der Waals surface area (Å²) in [5, 5.41) is 5.82. The summed E-state index contributed by atoms with van der Waals surface area (Å²) in [5.74, 6) is -1.19. The van der Waals surface area contributed by atoms with Crippen LogP contribution in [0.2, 0.25) is 0 Å². The fourth-order valence-electron chi connectivity index (χ4n) is 3.15. The molecule has 0 bridgehead atoms. The lowest BCUT2D eigenvalue weighted by atomic mass is 9.92. The molecule has 2 heterocycles. The van der Waals surface area contributed by atoms with Crippen molar-refractivity contribution in [1.82, 2.24) is 20.4 Å². The Hall–Kier alpha value is -2.48. The van der Waals surface area contributed by atoms with Crippen LogP contribution in [-0.4, -0.2) is 60.4 Å². The number of carbonyl (C=O) groups is 3. The van der Waals surface area contributed by atoms with Crippen LogP contribution in [-0.2, 0) is 15.1 Å². The standard InChI is InChI=1S/C17H21FN4O3/c1-17(12-3-5-13(18)6-4-12)15(24)22(16(25)20-17)11-14(23)21-9-2-7-19-8-10-21/h3-6,19H,2,7-11H2,1H3,(H,20,25)/t17-/m0/s1. The van der Waals surface area contributed by atoms with Gasteiger partial charge in [0.1, 0.15) is 17.9 Å². The summed E-state index contributed by atoms with van der Waals surface area (Å²) in [6.45, 7) is 3.96. The van der Waals surface area contributed by atoms with Gasteiger partial charge in [0, 0.05) is 19.6 Å². The summed E-state index contributed by atoms with van der Waals surface area (Å²) >= 11 is 0. The van der Waals surface area contributed by atoms with E-state index in [-0.39, 0.29) is 12.5 Å². The van der Waals surface area contributed by atoms with Crippen molar-refractivity contribution in [2.75, 3.05) is 32.7 Å². The van der Waals surface area contributed by atoms with Crippen molar-refractivity contribution in [3.63, 3.8) is 0 Å². The molecular weight excluding hydrogens is 327 g/mol. The minimum Gasteiger partial charge on any atom is -0.340 e. The predicted octanol–water partition coefficient (Wildman–Crippen LogP) is 0.415. The number of carbonyl (C=O) groups excluding carboxylic acids is 3. The first-order valence-electron chi connectivity index (χ1n) is 8.30. The van der Waals surface area contributed by atoms with E-state index in [0.717, 1.165) is 17.9 Å². The quantitative estimate of drug-likeness (QED) is 0.776. The van der Waals surface area contributed by atoms with Gasteiger partial charge in [-0.2, -0.15) is 0 Å². The first-order chi connectivity index (χ1) is 11.9. The Morgan fingerprint density at radius 2 is 1.92 bits per heavy atom. The number of halogens is 1. The van der Waals surface area contributed by atoms with Crippen LogP contribution in [0.5, 0.6) is 0 Å². The van der Waals surface area contributed by atoms with Gasteiger partial charge in [-0.15, -0.1) is 0 Å². The molecule has 134 valence electrons. The second-order valence-electron chi connectivity index (χ2n) is 6.44. The van der Waals surface area contributed by atoms with Crippen molar-refractivity contribution < 1.29 is 18.8 Å². The van der Waals surface area contributed by atoms with Crippen LogP contribution in [0.15, 0.2) is 24.3 Å². The van der Waals surface area contributed by atoms with Gasteiger partial charge in [0.05, 0.1) is 0 Å². The molecule has 2 aliphatic heterocycles. The van der Waals surface area contributed by atoms with E-state index in [0.29, 0.717) is 25.2 Å². The number of hydrogen-bond donors (Lipinski definition) is 2. The van der Waals surface area contributed by atoms with E-state index in [2.05, 4.69) is 10.6 Å². The monoisotopic (exact) mass is 348 g/mol. The molecule has 1 aromatic rings. The lowest BCUT2D eigenvalue weighted by Gasteiger charge is -2.24. The minimum atomic E-state index is -1.30.